The van der Waals surface area contributed by atoms with Gasteiger partial charge in [0.05, 0.1) is 5.92 Å². The van der Waals surface area contributed by atoms with E-state index in [9.17, 15) is 9.59 Å². The number of hydrogen-bond acceptors (Lipinski definition) is 3. The molecular weight excluding hydrogens is 350 g/mol. The van der Waals surface area contributed by atoms with Gasteiger partial charge in [0.2, 0.25) is 5.91 Å². The van der Waals surface area contributed by atoms with Gasteiger partial charge in [0, 0.05) is 36.3 Å². The first-order valence-corrected chi connectivity index (χ1v) is 10.0. The summed E-state index contributed by atoms with van der Waals surface area (Å²) in [5, 5.41) is 3.75. The zero-order chi connectivity index (χ0) is 18.5. The lowest BCUT2D eigenvalue weighted by Crippen LogP contribution is -2.47. The Balaban J connectivity index is 1.53. The van der Waals surface area contributed by atoms with Crippen LogP contribution in [0.15, 0.2) is 24.3 Å². The number of benzene rings is 1. The van der Waals surface area contributed by atoms with Gasteiger partial charge in [-0.25, -0.2) is 0 Å². The van der Waals surface area contributed by atoms with E-state index in [2.05, 4.69) is 17.1 Å². The molecule has 0 aromatic heterocycles. The molecule has 2 heterocycles. The number of piperidine rings is 1. The van der Waals surface area contributed by atoms with Gasteiger partial charge in [0.1, 0.15) is 0 Å². The summed E-state index contributed by atoms with van der Waals surface area (Å²) in [6, 6.07) is 7.40. The number of nitrogens with zero attached hydrogens (tertiary/aromatic N) is 2. The summed E-state index contributed by atoms with van der Waals surface area (Å²) in [5.74, 6) is -0.0508. The summed E-state index contributed by atoms with van der Waals surface area (Å²) in [6.45, 7) is 6.25. The van der Waals surface area contributed by atoms with Crippen molar-refractivity contribution in [1.82, 2.24) is 15.1 Å². The Morgan fingerprint density at radius 3 is 2.62 bits per heavy atom. The minimum atomic E-state index is -0.114. The summed E-state index contributed by atoms with van der Waals surface area (Å²) >= 11 is 5.89. The maximum Gasteiger partial charge on any atom is 0.253 e. The summed E-state index contributed by atoms with van der Waals surface area (Å²) in [5.41, 5.74) is 0.625. The fourth-order valence-corrected chi connectivity index (χ4v) is 4.18. The molecule has 2 aliphatic heterocycles. The second-order valence-electron chi connectivity index (χ2n) is 7.27. The number of halogens is 1. The summed E-state index contributed by atoms with van der Waals surface area (Å²) in [7, 11) is 0. The number of hydrogen-bond donors (Lipinski definition) is 1. The van der Waals surface area contributed by atoms with Crippen LogP contribution >= 0.6 is 11.6 Å². The van der Waals surface area contributed by atoms with Crippen LogP contribution in [-0.2, 0) is 4.79 Å². The monoisotopic (exact) mass is 377 g/mol. The van der Waals surface area contributed by atoms with Gasteiger partial charge in [0.15, 0.2) is 0 Å². The number of likely N-dealkylation sites (N-methyl/N-ethyl adjacent to an activating group) is 1. The molecule has 5 nitrogen and oxygen atoms in total. The highest BCUT2D eigenvalue weighted by atomic mass is 35.5. The number of carbonyl (C=O) groups excluding carboxylic acids is 2. The van der Waals surface area contributed by atoms with Crippen molar-refractivity contribution in [1.29, 1.82) is 0 Å². The predicted molar refractivity (Wildman–Crippen MR) is 103 cm³/mol. The molecule has 0 radical (unpaired) electrons. The normalized spacial score (nSPS) is 23.8. The molecule has 1 aromatic carbocycles. The number of nitrogens with one attached hydrogen (secondary N) is 1. The highest BCUT2D eigenvalue weighted by Gasteiger charge is 2.30. The standard InChI is InChI=1S/C20H28ClN3O2/c1-2-23-11-4-6-18(23)13-22-19(25)16-5-3-12-24(14-16)20(26)15-7-9-17(21)10-8-15/h7-10,16,18H,2-6,11-14H2,1H3,(H,22,25). The van der Waals surface area contributed by atoms with Gasteiger partial charge in [-0.2, -0.15) is 0 Å². The second kappa shape index (κ2) is 8.87. The maximum absolute atomic E-state index is 12.7. The van der Waals surface area contributed by atoms with E-state index in [0.29, 0.717) is 36.3 Å². The molecule has 0 bridgehead atoms. The van der Waals surface area contributed by atoms with Crippen LogP contribution in [0.1, 0.15) is 43.0 Å². The first-order chi connectivity index (χ1) is 12.6. The number of amides is 2. The molecule has 2 atom stereocenters. The Hall–Kier alpha value is -1.59. The average Bonchev–Trinajstić information content (AvgIpc) is 3.14. The number of rotatable bonds is 5. The van der Waals surface area contributed by atoms with E-state index in [4.69, 9.17) is 11.6 Å². The lowest BCUT2D eigenvalue weighted by molar-refractivity contribution is -0.126. The van der Waals surface area contributed by atoms with Crippen LogP contribution in [0.5, 0.6) is 0 Å². The van der Waals surface area contributed by atoms with Gasteiger partial charge in [-0.1, -0.05) is 18.5 Å². The van der Waals surface area contributed by atoms with Gasteiger partial charge in [-0.3, -0.25) is 14.5 Å². The fraction of sp³-hybridized carbons (Fsp3) is 0.600. The fourth-order valence-electron chi connectivity index (χ4n) is 4.06. The third-order valence-corrected chi connectivity index (χ3v) is 5.84. The lowest BCUT2D eigenvalue weighted by Gasteiger charge is -2.32. The molecule has 2 unspecified atom stereocenters. The van der Waals surface area contributed by atoms with Crippen molar-refractivity contribution in [2.45, 2.75) is 38.6 Å². The van der Waals surface area contributed by atoms with Crippen LogP contribution < -0.4 is 5.32 Å². The second-order valence-corrected chi connectivity index (χ2v) is 7.70. The molecule has 0 aliphatic carbocycles. The van der Waals surface area contributed by atoms with Crippen LogP contribution in [0.4, 0.5) is 0 Å². The Kier molecular flexibility index (Phi) is 6.54. The third kappa shape index (κ3) is 4.57. The van der Waals surface area contributed by atoms with Crippen LogP contribution in [0.25, 0.3) is 0 Å². The predicted octanol–water partition coefficient (Wildman–Crippen LogP) is 2.79. The average molecular weight is 378 g/mol. The minimum absolute atomic E-state index is 0.0212. The molecule has 2 saturated heterocycles. The van der Waals surface area contributed by atoms with Crippen molar-refractivity contribution in [3.8, 4) is 0 Å². The van der Waals surface area contributed by atoms with Gasteiger partial charge >= 0.3 is 0 Å². The van der Waals surface area contributed by atoms with Crippen molar-refractivity contribution in [3.63, 3.8) is 0 Å². The van der Waals surface area contributed by atoms with Gasteiger partial charge in [0.25, 0.3) is 5.91 Å². The molecule has 0 spiro atoms. The van der Waals surface area contributed by atoms with Crippen LogP contribution in [0.2, 0.25) is 5.02 Å². The number of likely N-dealkylation sites (tertiary alicyclic amines) is 2. The molecule has 2 fully saturated rings. The molecule has 2 aliphatic rings. The van der Waals surface area contributed by atoms with Crippen molar-refractivity contribution in [3.05, 3.63) is 34.9 Å². The van der Waals surface area contributed by atoms with Crippen LogP contribution in [0, 0.1) is 5.92 Å². The zero-order valence-electron chi connectivity index (χ0n) is 15.4. The van der Waals surface area contributed by atoms with Crippen molar-refractivity contribution >= 4 is 23.4 Å². The Morgan fingerprint density at radius 2 is 1.88 bits per heavy atom. The van der Waals surface area contributed by atoms with E-state index in [1.54, 1.807) is 29.2 Å². The molecular formula is C20H28ClN3O2. The molecule has 6 heteroatoms. The van der Waals surface area contributed by atoms with Gasteiger partial charge in [-0.05, 0) is 63.0 Å². The topological polar surface area (TPSA) is 52.7 Å². The van der Waals surface area contributed by atoms with E-state index in [-0.39, 0.29) is 17.7 Å². The van der Waals surface area contributed by atoms with Crippen LogP contribution in [0.3, 0.4) is 0 Å². The minimum Gasteiger partial charge on any atom is -0.354 e. The molecule has 142 valence electrons. The largest absolute Gasteiger partial charge is 0.354 e. The summed E-state index contributed by atoms with van der Waals surface area (Å²) in [4.78, 5) is 29.5. The van der Waals surface area contributed by atoms with E-state index in [1.165, 1.54) is 6.42 Å². The summed E-state index contributed by atoms with van der Waals surface area (Å²) < 4.78 is 0. The highest BCUT2D eigenvalue weighted by molar-refractivity contribution is 6.30. The first-order valence-electron chi connectivity index (χ1n) is 9.65. The van der Waals surface area contributed by atoms with Crippen molar-refractivity contribution in [2.24, 2.45) is 5.92 Å². The third-order valence-electron chi connectivity index (χ3n) is 5.59. The molecule has 26 heavy (non-hydrogen) atoms. The van der Waals surface area contributed by atoms with Gasteiger partial charge in [-0.15, -0.1) is 0 Å². The van der Waals surface area contributed by atoms with Crippen LogP contribution in [-0.4, -0.2) is 60.4 Å². The Labute approximate surface area is 160 Å². The molecule has 0 saturated carbocycles. The van der Waals surface area contributed by atoms with E-state index < -0.39 is 0 Å². The smallest absolute Gasteiger partial charge is 0.253 e. The number of carbonyl (C=O) groups is 2. The van der Waals surface area contributed by atoms with Crippen molar-refractivity contribution in [2.75, 3.05) is 32.7 Å². The van der Waals surface area contributed by atoms with E-state index >= 15 is 0 Å². The molecule has 1 aromatic rings. The lowest BCUT2D eigenvalue weighted by atomic mass is 9.96. The first kappa shape index (κ1) is 19.2. The quantitative estimate of drug-likeness (QED) is 0.858. The Morgan fingerprint density at radius 1 is 1.15 bits per heavy atom. The Bertz CT molecular complexity index is 634. The van der Waals surface area contributed by atoms with Crippen molar-refractivity contribution < 1.29 is 9.59 Å². The zero-order valence-corrected chi connectivity index (χ0v) is 16.2. The van der Waals surface area contributed by atoms with E-state index in [0.717, 1.165) is 32.4 Å². The molecule has 2 amide bonds. The van der Waals surface area contributed by atoms with Gasteiger partial charge < -0.3 is 10.2 Å². The highest BCUT2D eigenvalue weighted by Crippen LogP contribution is 2.21. The van der Waals surface area contributed by atoms with E-state index in [1.807, 2.05) is 0 Å². The SMILES string of the molecule is CCN1CCCC1CNC(=O)C1CCCN(C(=O)c2ccc(Cl)cc2)C1. The maximum atomic E-state index is 12.7. The molecule has 1 N–H and O–H groups in total. The molecule has 3 rings (SSSR count). The summed E-state index contributed by atoms with van der Waals surface area (Å²) in [6.07, 6.45) is 4.07.